The molecule has 0 radical (unpaired) electrons. The van der Waals surface area contributed by atoms with Crippen LogP contribution in [-0.2, 0) is 0 Å². The van der Waals surface area contributed by atoms with Crippen LogP contribution in [0.4, 0.5) is 8.78 Å². The minimum absolute atomic E-state index is 0.332. The third-order valence-corrected chi connectivity index (χ3v) is 2.77. The highest BCUT2D eigenvalue weighted by Crippen LogP contribution is 2.22. The van der Waals surface area contributed by atoms with Crippen LogP contribution in [0, 0.1) is 6.92 Å². The van der Waals surface area contributed by atoms with Crippen molar-refractivity contribution in [3.8, 4) is 0 Å². The van der Waals surface area contributed by atoms with E-state index >= 15 is 0 Å². The van der Waals surface area contributed by atoms with E-state index in [0.717, 1.165) is 11.6 Å². The van der Waals surface area contributed by atoms with Gasteiger partial charge in [-0.2, -0.15) is 0 Å². The Morgan fingerprint density at radius 2 is 2.00 bits per heavy atom. The summed E-state index contributed by atoms with van der Waals surface area (Å²) in [6.45, 7) is 1.75. The van der Waals surface area contributed by atoms with Gasteiger partial charge < -0.3 is 4.98 Å². The molecule has 0 saturated heterocycles. The molecule has 2 aromatic rings. The molecule has 1 aromatic heterocycles. The predicted molar refractivity (Wildman–Crippen MR) is 59.3 cm³/mol. The van der Waals surface area contributed by atoms with E-state index in [1.54, 1.807) is 13.0 Å². The highest BCUT2D eigenvalue weighted by Gasteiger charge is 2.11. The Morgan fingerprint density at radius 3 is 2.62 bits per heavy atom. The van der Waals surface area contributed by atoms with E-state index in [0.29, 0.717) is 15.9 Å². The molecule has 0 bridgehead atoms. The van der Waals surface area contributed by atoms with Crippen molar-refractivity contribution in [3.63, 3.8) is 0 Å². The second-order valence-corrected chi connectivity index (χ2v) is 3.94. The Balaban J connectivity index is 2.82. The number of aromatic amines is 1. The summed E-state index contributed by atoms with van der Waals surface area (Å²) in [5.41, 5.74) is 0.254. The van der Waals surface area contributed by atoms with Crippen molar-refractivity contribution in [3.05, 3.63) is 44.7 Å². The summed E-state index contributed by atoms with van der Waals surface area (Å²) < 4.78 is 24.9. The Bertz CT molecular complexity index is 607. The SMILES string of the molecule is Cc1cc2c(=O)cc(C(F)F)[nH]c2cc1Cl. The van der Waals surface area contributed by atoms with Gasteiger partial charge in [0.1, 0.15) is 0 Å². The zero-order valence-corrected chi connectivity index (χ0v) is 9.11. The van der Waals surface area contributed by atoms with Crippen molar-refractivity contribution in [1.29, 1.82) is 0 Å². The highest BCUT2D eigenvalue weighted by atomic mass is 35.5. The molecule has 0 amide bonds. The Labute approximate surface area is 94.9 Å². The molecule has 0 fully saturated rings. The third-order valence-electron chi connectivity index (χ3n) is 2.36. The van der Waals surface area contributed by atoms with Crippen molar-refractivity contribution in [2.45, 2.75) is 13.3 Å². The van der Waals surface area contributed by atoms with Crippen LogP contribution in [0.25, 0.3) is 10.9 Å². The van der Waals surface area contributed by atoms with E-state index in [1.807, 2.05) is 0 Å². The second-order valence-electron chi connectivity index (χ2n) is 3.54. The first-order chi connectivity index (χ1) is 7.49. The number of nitrogens with one attached hydrogen (secondary N) is 1. The van der Waals surface area contributed by atoms with E-state index in [4.69, 9.17) is 11.6 Å². The number of halogens is 3. The van der Waals surface area contributed by atoms with Gasteiger partial charge in [-0.1, -0.05) is 11.6 Å². The number of H-pyrrole nitrogens is 1. The van der Waals surface area contributed by atoms with Crippen LogP contribution in [0.5, 0.6) is 0 Å². The number of fused-ring (bicyclic) bond motifs is 1. The third kappa shape index (κ3) is 1.80. The molecule has 0 spiro atoms. The van der Waals surface area contributed by atoms with Gasteiger partial charge in [0.15, 0.2) is 5.43 Å². The number of hydrogen-bond acceptors (Lipinski definition) is 1. The molecular formula is C11H8ClF2NO. The Hall–Kier alpha value is -1.42. The fourth-order valence-corrected chi connectivity index (χ4v) is 1.68. The molecule has 84 valence electrons. The number of aryl methyl sites for hydroxylation is 1. The minimum atomic E-state index is -2.70. The molecular weight excluding hydrogens is 236 g/mol. The zero-order chi connectivity index (χ0) is 11.9. The number of rotatable bonds is 1. The Morgan fingerprint density at radius 1 is 1.31 bits per heavy atom. The topological polar surface area (TPSA) is 32.9 Å². The van der Waals surface area contributed by atoms with E-state index < -0.39 is 17.5 Å². The van der Waals surface area contributed by atoms with E-state index in [1.165, 1.54) is 6.07 Å². The van der Waals surface area contributed by atoms with Crippen LogP contribution in [0.2, 0.25) is 5.02 Å². The van der Waals surface area contributed by atoms with Crippen molar-refractivity contribution < 1.29 is 8.78 Å². The molecule has 0 aliphatic rings. The van der Waals surface area contributed by atoms with Crippen molar-refractivity contribution >= 4 is 22.5 Å². The van der Waals surface area contributed by atoms with E-state index in [-0.39, 0.29) is 0 Å². The lowest BCUT2D eigenvalue weighted by atomic mass is 10.1. The average molecular weight is 244 g/mol. The minimum Gasteiger partial charge on any atom is -0.353 e. The van der Waals surface area contributed by atoms with Crippen LogP contribution >= 0.6 is 11.6 Å². The fraction of sp³-hybridized carbons (Fsp3) is 0.182. The van der Waals surface area contributed by atoms with Gasteiger partial charge in [0.05, 0.1) is 11.2 Å². The zero-order valence-electron chi connectivity index (χ0n) is 8.35. The summed E-state index contributed by atoms with van der Waals surface area (Å²) in [5, 5.41) is 0.806. The number of benzene rings is 1. The van der Waals surface area contributed by atoms with Gasteiger partial charge in [0, 0.05) is 16.5 Å². The molecule has 1 N–H and O–H groups in total. The first-order valence-electron chi connectivity index (χ1n) is 4.60. The molecule has 0 aliphatic heterocycles. The number of aromatic nitrogens is 1. The molecule has 0 saturated carbocycles. The molecule has 5 heteroatoms. The first-order valence-corrected chi connectivity index (χ1v) is 4.98. The molecule has 16 heavy (non-hydrogen) atoms. The number of pyridine rings is 1. The smallest absolute Gasteiger partial charge is 0.278 e. The quantitative estimate of drug-likeness (QED) is 0.818. The van der Waals surface area contributed by atoms with Crippen LogP contribution in [0.15, 0.2) is 23.0 Å². The molecule has 2 rings (SSSR count). The summed E-state index contributed by atoms with van der Waals surface area (Å²) in [6.07, 6.45) is -2.70. The molecule has 1 heterocycles. The van der Waals surface area contributed by atoms with Gasteiger partial charge in [-0.3, -0.25) is 4.79 Å². The summed E-state index contributed by atoms with van der Waals surface area (Å²) in [7, 11) is 0. The molecule has 2 nitrogen and oxygen atoms in total. The van der Waals surface area contributed by atoms with Crippen molar-refractivity contribution in [2.75, 3.05) is 0 Å². The lowest BCUT2D eigenvalue weighted by Gasteiger charge is -2.05. The normalized spacial score (nSPS) is 11.3. The lowest BCUT2D eigenvalue weighted by molar-refractivity contribution is 0.146. The standard InChI is InChI=1S/C11H8ClF2NO/c1-5-2-6-8(3-7(5)12)15-9(11(13)14)4-10(6)16/h2-4,11H,1H3,(H,15,16). The molecule has 0 aliphatic carbocycles. The van der Waals surface area contributed by atoms with Crippen LogP contribution < -0.4 is 5.43 Å². The van der Waals surface area contributed by atoms with Gasteiger partial charge in [0.2, 0.25) is 0 Å². The largest absolute Gasteiger partial charge is 0.353 e. The Kier molecular flexibility index (Phi) is 2.68. The first kappa shape index (κ1) is 11.1. The summed E-state index contributed by atoms with van der Waals surface area (Å²) in [6, 6.07) is 3.99. The average Bonchev–Trinajstić information content (AvgIpc) is 2.20. The van der Waals surface area contributed by atoms with Crippen LogP contribution in [-0.4, -0.2) is 4.98 Å². The summed E-state index contributed by atoms with van der Waals surface area (Å²) in [4.78, 5) is 14.1. The van der Waals surface area contributed by atoms with Gasteiger partial charge >= 0.3 is 0 Å². The molecule has 0 unspecified atom stereocenters. The number of hydrogen-bond donors (Lipinski definition) is 1. The van der Waals surface area contributed by atoms with Gasteiger partial charge in [-0.25, -0.2) is 8.78 Å². The monoisotopic (exact) mass is 243 g/mol. The van der Waals surface area contributed by atoms with Gasteiger partial charge in [-0.05, 0) is 24.6 Å². The lowest BCUT2D eigenvalue weighted by Crippen LogP contribution is -2.05. The molecule has 0 atom stereocenters. The highest BCUT2D eigenvalue weighted by molar-refractivity contribution is 6.32. The maximum Gasteiger partial charge on any atom is 0.278 e. The van der Waals surface area contributed by atoms with Crippen molar-refractivity contribution in [1.82, 2.24) is 4.98 Å². The number of alkyl halides is 2. The fourth-order valence-electron chi connectivity index (χ4n) is 1.52. The summed E-state index contributed by atoms with van der Waals surface area (Å²) >= 11 is 5.86. The van der Waals surface area contributed by atoms with E-state index in [2.05, 4.69) is 4.98 Å². The maximum atomic E-state index is 12.5. The van der Waals surface area contributed by atoms with Crippen molar-refractivity contribution in [2.24, 2.45) is 0 Å². The maximum absolute atomic E-state index is 12.5. The summed E-state index contributed by atoms with van der Waals surface area (Å²) in [5.74, 6) is 0. The van der Waals surface area contributed by atoms with Crippen LogP contribution in [0.3, 0.4) is 0 Å². The van der Waals surface area contributed by atoms with Gasteiger partial charge in [0.25, 0.3) is 6.43 Å². The molecule has 1 aromatic carbocycles. The van der Waals surface area contributed by atoms with Gasteiger partial charge in [-0.15, -0.1) is 0 Å². The second kappa shape index (κ2) is 3.87. The predicted octanol–water partition coefficient (Wildman–Crippen LogP) is 3.43. The van der Waals surface area contributed by atoms with Crippen LogP contribution in [0.1, 0.15) is 17.7 Å². The van der Waals surface area contributed by atoms with E-state index in [9.17, 15) is 13.6 Å².